The summed E-state index contributed by atoms with van der Waals surface area (Å²) in [4.78, 5) is 14.2. The first-order chi connectivity index (χ1) is 11.1. The molecule has 0 aliphatic carbocycles. The van der Waals surface area contributed by atoms with Gasteiger partial charge in [0.25, 0.3) is 5.91 Å². The van der Waals surface area contributed by atoms with Gasteiger partial charge in [-0.2, -0.15) is 0 Å². The van der Waals surface area contributed by atoms with Gasteiger partial charge in [-0.25, -0.2) is 0 Å². The van der Waals surface area contributed by atoms with Crippen molar-refractivity contribution in [3.8, 4) is 5.75 Å². The highest BCUT2D eigenvalue weighted by Gasteiger charge is 2.33. The summed E-state index contributed by atoms with van der Waals surface area (Å²) in [6, 6.07) is 15.1. The first-order valence-corrected chi connectivity index (χ1v) is 7.97. The van der Waals surface area contributed by atoms with E-state index in [9.17, 15) is 4.79 Å². The van der Waals surface area contributed by atoms with Gasteiger partial charge in [-0.05, 0) is 30.2 Å². The number of nitrogens with zero attached hydrogens (tertiary/aromatic N) is 1. The summed E-state index contributed by atoms with van der Waals surface area (Å²) in [5.74, 6) is 0.741. The van der Waals surface area contributed by atoms with Crippen molar-refractivity contribution in [3.63, 3.8) is 0 Å². The lowest BCUT2D eigenvalue weighted by Gasteiger charge is -2.18. The Labute approximate surface area is 145 Å². The minimum Gasteiger partial charge on any atom is -0.497 e. The summed E-state index contributed by atoms with van der Waals surface area (Å²) < 4.78 is 5.26. The van der Waals surface area contributed by atoms with Gasteiger partial charge in [-0.15, -0.1) is 0 Å². The first kappa shape index (κ1) is 15.9. The van der Waals surface area contributed by atoms with E-state index in [0.717, 1.165) is 16.9 Å². The molecule has 0 N–H and O–H groups in total. The monoisotopic (exact) mass is 347 g/mol. The minimum atomic E-state index is -0.0667. The molecule has 0 bridgehead atoms. The molecule has 0 aromatic heterocycles. The van der Waals surface area contributed by atoms with E-state index in [2.05, 4.69) is 0 Å². The van der Waals surface area contributed by atoms with Crippen molar-refractivity contribution in [1.29, 1.82) is 0 Å². The van der Waals surface area contributed by atoms with Gasteiger partial charge in [0.1, 0.15) is 10.2 Å². The van der Waals surface area contributed by atoms with Crippen LogP contribution in [0.1, 0.15) is 21.5 Å². The molecule has 0 atom stereocenters. The Balaban J connectivity index is 1.82. The molecule has 1 aliphatic rings. The summed E-state index contributed by atoms with van der Waals surface area (Å²) in [6.45, 7) is 0.512. The Morgan fingerprint density at radius 2 is 1.70 bits per heavy atom. The molecule has 1 amide bonds. The van der Waals surface area contributed by atoms with Crippen LogP contribution in [0.5, 0.6) is 5.75 Å². The summed E-state index contributed by atoms with van der Waals surface area (Å²) >= 11 is 12.1. The van der Waals surface area contributed by atoms with E-state index in [1.165, 1.54) is 0 Å². The number of benzene rings is 2. The molecule has 0 saturated carbocycles. The van der Waals surface area contributed by atoms with Crippen molar-refractivity contribution in [3.05, 3.63) is 69.7 Å². The molecule has 1 heterocycles. The molecule has 3 rings (SSSR count). The molecular weight excluding hydrogens is 333 g/mol. The lowest BCUT2D eigenvalue weighted by molar-refractivity contribution is 0.0851. The number of amides is 1. The summed E-state index contributed by atoms with van der Waals surface area (Å²) in [5, 5.41) is 0. The number of hydrogen-bond donors (Lipinski definition) is 0. The highest BCUT2D eigenvalue weighted by molar-refractivity contribution is 6.58. The molecule has 0 spiro atoms. The third kappa shape index (κ3) is 3.07. The number of carbonyl (C=O) groups excluding carboxylic acids is 1. The van der Waals surface area contributed by atoms with Crippen LogP contribution in [0, 0.1) is 0 Å². The van der Waals surface area contributed by atoms with Gasteiger partial charge in [0, 0.05) is 17.7 Å². The zero-order valence-corrected chi connectivity index (χ0v) is 14.1. The van der Waals surface area contributed by atoms with Gasteiger partial charge in [0.05, 0.1) is 12.8 Å². The fourth-order valence-corrected chi connectivity index (χ4v) is 3.13. The van der Waals surface area contributed by atoms with Crippen LogP contribution < -0.4 is 4.74 Å². The van der Waals surface area contributed by atoms with Crippen LogP contribution in [0.15, 0.2) is 53.0 Å². The second kappa shape index (κ2) is 6.65. The third-order valence-electron chi connectivity index (χ3n) is 3.89. The van der Waals surface area contributed by atoms with Crippen molar-refractivity contribution in [1.82, 2.24) is 4.90 Å². The normalized spacial score (nSPS) is 13.3. The number of halogens is 2. The van der Waals surface area contributed by atoms with Crippen LogP contribution in [0.4, 0.5) is 0 Å². The molecule has 0 saturated heterocycles. The molecule has 5 heteroatoms. The Kier molecular flexibility index (Phi) is 4.60. The van der Waals surface area contributed by atoms with Gasteiger partial charge in [0.2, 0.25) is 0 Å². The zero-order valence-electron chi connectivity index (χ0n) is 12.6. The molecule has 1 aliphatic heterocycles. The highest BCUT2D eigenvalue weighted by Crippen LogP contribution is 2.37. The molecule has 2 aromatic rings. The average molecular weight is 348 g/mol. The van der Waals surface area contributed by atoms with Crippen LogP contribution in [0.2, 0.25) is 0 Å². The van der Waals surface area contributed by atoms with Crippen molar-refractivity contribution >= 4 is 34.8 Å². The van der Waals surface area contributed by atoms with Gasteiger partial charge in [0.15, 0.2) is 0 Å². The molecule has 118 valence electrons. The van der Waals surface area contributed by atoms with Gasteiger partial charge in [-0.1, -0.05) is 53.5 Å². The number of methoxy groups -OCH3 is 1. The second-order valence-corrected chi connectivity index (χ2v) is 6.16. The Hall–Kier alpha value is -1.97. The van der Waals surface area contributed by atoms with Crippen LogP contribution in [0.3, 0.4) is 0 Å². The van der Waals surface area contributed by atoms with E-state index in [4.69, 9.17) is 27.9 Å². The van der Waals surface area contributed by atoms with E-state index in [1.807, 2.05) is 42.5 Å². The Morgan fingerprint density at radius 1 is 1.04 bits per heavy atom. The van der Waals surface area contributed by atoms with E-state index in [-0.39, 0.29) is 10.4 Å². The molecule has 0 radical (unpaired) electrons. The number of carbonyl (C=O) groups is 1. The third-order valence-corrected chi connectivity index (χ3v) is 4.25. The van der Waals surface area contributed by atoms with Gasteiger partial charge >= 0.3 is 0 Å². The standard InChI is InChI=1S/C18H15Cl2NO2/c1-23-13-8-6-12(7-9-13)10-11-21-16(17(19)20)14-4-2-3-5-15(14)18(21)22/h2-9H,10-11H2,1H3. The van der Waals surface area contributed by atoms with E-state index < -0.39 is 0 Å². The lowest BCUT2D eigenvalue weighted by atomic mass is 10.1. The molecular formula is C18H15Cl2NO2. The van der Waals surface area contributed by atoms with E-state index in [0.29, 0.717) is 24.2 Å². The lowest BCUT2D eigenvalue weighted by Crippen LogP contribution is -2.25. The summed E-state index contributed by atoms with van der Waals surface area (Å²) in [5.41, 5.74) is 3.12. The van der Waals surface area contributed by atoms with Gasteiger partial charge in [-0.3, -0.25) is 4.79 Å². The van der Waals surface area contributed by atoms with Crippen LogP contribution in [-0.2, 0) is 6.42 Å². The summed E-state index contributed by atoms with van der Waals surface area (Å²) in [6.07, 6.45) is 0.703. The minimum absolute atomic E-state index is 0.0667. The smallest absolute Gasteiger partial charge is 0.259 e. The fourth-order valence-electron chi connectivity index (χ4n) is 2.72. The maximum Gasteiger partial charge on any atom is 0.259 e. The van der Waals surface area contributed by atoms with Crippen molar-refractivity contribution in [2.24, 2.45) is 0 Å². The second-order valence-electron chi connectivity index (χ2n) is 5.21. The number of hydrogen-bond acceptors (Lipinski definition) is 2. The number of fused-ring (bicyclic) bond motifs is 1. The molecule has 2 aromatic carbocycles. The zero-order chi connectivity index (χ0) is 16.4. The quantitative estimate of drug-likeness (QED) is 0.814. The largest absolute Gasteiger partial charge is 0.497 e. The predicted octanol–water partition coefficient (Wildman–Crippen LogP) is 4.50. The van der Waals surface area contributed by atoms with Crippen LogP contribution >= 0.6 is 23.2 Å². The summed E-state index contributed by atoms with van der Waals surface area (Å²) in [7, 11) is 1.63. The van der Waals surface area contributed by atoms with Crippen LogP contribution in [0.25, 0.3) is 5.70 Å². The SMILES string of the molecule is COc1ccc(CCN2C(=O)c3ccccc3C2=C(Cl)Cl)cc1. The maximum absolute atomic E-state index is 12.6. The topological polar surface area (TPSA) is 29.5 Å². The van der Waals surface area contributed by atoms with E-state index >= 15 is 0 Å². The van der Waals surface area contributed by atoms with Crippen LogP contribution in [-0.4, -0.2) is 24.5 Å². The van der Waals surface area contributed by atoms with Crippen molar-refractivity contribution in [2.75, 3.05) is 13.7 Å². The number of rotatable bonds is 4. The van der Waals surface area contributed by atoms with E-state index in [1.54, 1.807) is 18.1 Å². The highest BCUT2D eigenvalue weighted by atomic mass is 35.5. The number of ether oxygens (including phenoxy) is 1. The average Bonchev–Trinajstić information content (AvgIpc) is 2.86. The Bertz CT molecular complexity index is 765. The Morgan fingerprint density at radius 3 is 2.30 bits per heavy atom. The predicted molar refractivity (Wildman–Crippen MR) is 92.8 cm³/mol. The van der Waals surface area contributed by atoms with Gasteiger partial charge < -0.3 is 9.64 Å². The van der Waals surface area contributed by atoms with Crippen molar-refractivity contribution < 1.29 is 9.53 Å². The molecule has 0 unspecified atom stereocenters. The molecule has 0 fully saturated rings. The first-order valence-electron chi connectivity index (χ1n) is 7.21. The fraction of sp³-hybridized carbons (Fsp3) is 0.167. The molecule has 3 nitrogen and oxygen atoms in total. The maximum atomic E-state index is 12.6. The molecule has 23 heavy (non-hydrogen) atoms. The van der Waals surface area contributed by atoms with Crippen molar-refractivity contribution in [2.45, 2.75) is 6.42 Å².